The number of hydrogen-bond acceptors (Lipinski definition) is 3. The molecule has 14 heavy (non-hydrogen) atoms. The fourth-order valence-electron chi connectivity index (χ4n) is 0.933. The Hall–Kier alpha value is -1.33. The van der Waals surface area contributed by atoms with Gasteiger partial charge >= 0.3 is 0 Å². The van der Waals surface area contributed by atoms with E-state index in [1.165, 1.54) is 0 Å². The number of hydrogen-bond donors (Lipinski definition) is 2. The van der Waals surface area contributed by atoms with Gasteiger partial charge in [-0.25, -0.2) is 0 Å². The van der Waals surface area contributed by atoms with E-state index < -0.39 is 0 Å². The zero-order valence-electron chi connectivity index (χ0n) is 7.82. The molecular weight excluding hydrogens is 200 g/mol. The number of nitrogens with two attached hydrogens (primary N) is 1. The molecule has 0 heterocycles. The zero-order valence-corrected chi connectivity index (χ0v) is 8.64. The monoisotopic (exact) mass is 212 g/mol. The van der Waals surface area contributed by atoms with Crippen LogP contribution in [0.25, 0.3) is 0 Å². The van der Waals surface area contributed by atoms with Gasteiger partial charge < -0.3 is 20.5 Å². The van der Waals surface area contributed by atoms with E-state index in [9.17, 15) is 0 Å². The first kappa shape index (κ1) is 10.7. The lowest BCUT2D eigenvalue weighted by Crippen LogP contribution is -2.18. The normalized spacial score (nSPS) is 9.50. The molecule has 1 aromatic rings. The van der Waals surface area contributed by atoms with Crippen molar-refractivity contribution in [1.82, 2.24) is 0 Å². The molecule has 0 saturated carbocycles. The smallest absolute Gasteiger partial charge is 0.188 e. The van der Waals surface area contributed by atoms with Crippen LogP contribution in [0.15, 0.2) is 24.3 Å². The molecule has 0 aromatic heterocycles. The molecule has 0 amide bonds. The average Bonchev–Trinajstić information content (AvgIpc) is 2.14. The Kier molecular flexibility index (Phi) is 4.15. The van der Waals surface area contributed by atoms with Crippen LogP contribution in [-0.4, -0.2) is 19.0 Å². The van der Waals surface area contributed by atoms with Crippen LogP contribution in [0.5, 0.6) is 5.75 Å². The molecule has 76 valence electrons. The largest absolute Gasteiger partial charge is 0.467 e. The van der Waals surface area contributed by atoms with E-state index in [1.54, 1.807) is 13.2 Å². The van der Waals surface area contributed by atoms with E-state index >= 15 is 0 Å². The van der Waals surface area contributed by atoms with Crippen molar-refractivity contribution >= 4 is 23.0 Å². The molecule has 0 saturated heterocycles. The summed E-state index contributed by atoms with van der Waals surface area (Å²) in [5.41, 5.74) is 6.13. The molecule has 5 heteroatoms. The van der Waals surface area contributed by atoms with Gasteiger partial charge in [0.15, 0.2) is 11.9 Å². The molecule has 0 atom stereocenters. The maximum atomic E-state index is 5.33. The van der Waals surface area contributed by atoms with Crippen molar-refractivity contribution in [3.8, 4) is 5.75 Å². The van der Waals surface area contributed by atoms with Crippen molar-refractivity contribution < 1.29 is 9.47 Å². The number of ether oxygens (including phenoxy) is 2. The molecule has 0 fully saturated rings. The van der Waals surface area contributed by atoms with Crippen molar-refractivity contribution in [2.75, 3.05) is 19.2 Å². The molecule has 0 unspecified atom stereocenters. The molecule has 0 aliphatic carbocycles. The van der Waals surface area contributed by atoms with Crippen LogP contribution in [0, 0.1) is 0 Å². The van der Waals surface area contributed by atoms with Crippen LogP contribution in [0.2, 0.25) is 0 Å². The average molecular weight is 212 g/mol. The summed E-state index contributed by atoms with van der Waals surface area (Å²) in [5.74, 6) is 0.702. The number of anilines is 1. The van der Waals surface area contributed by atoms with E-state index in [4.69, 9.17) is 27.4 Å². The molecular formula is C9H12N2O2S. The van der Waals surface area contributed by atoms with Gasteiger partial charge in [0.05, 0.1) is 0 Å². The fourth-order valence-corrected chi connectivity index (χ4v) is 1.05. The lowest BCUT2D eigenvalue weighted by atomic mass is 10.3. The van der Waals surface area contributed by atoms with Crippen LogP contribution in [-0.2, 0) is 4.74 Å². The van der Waals surface area contributed by atoms with Crippen molar-refractivity contribution in [2.24, 2.45) is 5.73 Å². The fraction of sp³-hybridized carbons (Fsp3) is 0.222. The Morgan fingerprint density at radius 1 is 1.57 bits per heavy atom. The van der Waals surface area contributed by atoms with Crippen molar-refractivity contribution in [3.05, 3.63) is 24.3 Å². The number of benzene rings is 1. The second kappa shape index (κ2) is 5.41. The quantitative estimate of drug-likeness (QED) is 0.582. The lowest BCUT2D eigenvalue weighted by molar-refractivity contribution is 0.0512. The Labute approximate surface area is 88.0 Å². The van der Waals surface area contributed by atoms with Crippen LogP contribution in [0.4, 0.5) is 5.69 Å². The Morgan fingerprint density at radius 3 is 3.00 bits per heavy atom. The topological polar surface area (TPSA) is 56.5 Å². The highest BCUT2D eigenvalue weighted by Crippen LogP contribution is 2.16. The lowest BCUT2D eigenvalue weighted by Gasteiger charge is -2.07. The molecule has 0 aliphatic rings. The summed E-state index contributed by atoms with van der Waals surface area (Å²) in [6, 6.07) is 7.30. The van der Waals surface area contributed by atoms with Gasteiger partial charge in [-0.05, 0) is 24.4 Å². The third kappa shape index (κ3) is 3.59. The van der Waals surface area contributed by atoms with Crippen LogP contribution in [0.1, 0.15) is 0 Å². The van der Waals surface area contributed by atoms with E-state index in [2.05, 4.69) is 5.32 Å². The first-order chi connectivity index (χ1) is 6.72. The zero-order chi connectivity index (χ0) is 10.4. The Morgan fingerprint density at radius 2 is 2.36 bits per heavy atom. The third-order valence-corrected chi connectivity index (χ3v) is 1.55. The molecule has 0 spiro atoms. The third-order valence-electron chi connectivity index (χ3n) is 1.45. The summed E-state index contributed by atoms with van der Waals surface area (Å²) in [4.78, 5) is 0. The minimum absolute atomic E-state index is 0.219. The highest BCUT2D eigenvalue weighted by atomic mass is 32.1. The van der Waals surface area contributed by atoms with Gasteiger partial charge in [0.2, 0.25) is 0 Å². The van der Waals surface area contributed by atoms with E-state index in [0.717, 1.165) is 5.69 Å². The minimum atomic E-state index is 0.219. The van der Waals surface area contributed by atoms with Gasteiger partial charge in [-0.2, -0.15) is 0 Å². The van der Waals surface area contributed by atoms with Crippen LogP contribution >= 0.6 is 12.2 Å². The molecule has 1 rings (SSSR count). The maximum absolute atomic E-state index is 5.33. The van der Waals surface area contributed by atoms with Gasteiger partial charge in [-0.1, -0.05) is 6.07 Å². The standard InChI is InChI=1S/C9H12N2O2S/c1-12-6-13-8-4-2-3-7(5-8)11-9(10)14/h2-5H,6H2,1H3,(H3,10,11,14). The predicted octanol–water partition coefficient (Wildman–Crippen LogP) is 1.32. The SMILES string of the molecule is COCOc1cccc(NC(N)=S)c1. The van der Waals surface area contributed by atoms with Gasteiger partial charge in [0.25, 0.3) is 0 Å². The van der Waals surface area contributed by atoms with Crippen molar-refractivity contribution in [3.63, 3.8) is 0 Å². The molecule has 0 aliphatic heterocycles. The number of nitrogens with one attached hydrogen (secondary N) is 1. The summed E-state index contributed by atoms with van der Waals surface area (Å²) in [6.07, 6.45) is 0. The molecule has 4 nitrogen and oxygen atoms in total. The predicted molar refractivity (Wildman–Crippen MR) is 59.4 cm³/mol. The van der Waals surface area contributed by atoms with Crippen molar-refractivity contribution in [1.29, 1.82) is 0 Å². The maximum Gasteiger partial charge on any atom is 0.188 e. The molecule has 0 bridgehead atoms. The summed E-state index contributed by atoms with van der Waals surface area (Å²) in [7, 11) is 1.57. The second-order valence-corrected chi connectivity index (χ2v) is 3.01. The van der Waals surface area contributed by atoms with Crippen LogP contribution in [0.3, 0.4) is 0 Å². The summed E-state index contributed by atoms with van der Waals surface area (Å²) >= 11 is 4.71. The summed E-state index contributed by atoms with van der Waals surface area (Å²) < 4.78 is 10.0. The summed E-state index contributed by atoms with van der Waals surface area (Å²) in [5, 5.41) is 3.04. The van der Waals surface area contributed by atoms with Gasteiger partial charge in [-0.15, -0.1) is 0 Å². The minimum Gasteiger partial charge on any atom is -0.467 e. The second-order valence-electron chi connectivity index (χ2n) is 2.57. The first-order valence-electron chi connectivity index (χ1n) is 4.00. The van der Waals surface area contributed by atoms with Gasteiger partial charge in [0, 0.05) is 18.9 Å². The van der Waals surface area contributed by atoms with Crippen LogP contribution < -0.4 is 15.8 Å². The Bertz CT molecular complexity index is 317. The number of rotatable bonds is 4. The molecule has 3 N–H and O–H groups in total. The van der Waals surface area contributed by atoms with Gasteiger partial charge in [-0.3, -0.25) is 0 Å². The summed E-state index contributed by atoms with van der Waals surface area (Å²) in [6.45, 7) is 0.219. The number of methoxy groups -OCH3 is 1. The Balaban J connectivity index is 2.63. The highest BCUT2D eigenvalue weighted by Gasteiger charge is 1.96. The van der Waals surface area contributed by atoms with Gasteiger partial charge in [0.1, 0.15) is 5.75 Å². The number of thiocarbonyl (C=S) groups is 1. The van der Waals surface area contributed by atoms with E-state index in [1.807, 2.05) is 18.2 Å². The highest BCUT2D eigenvalue weighted by molar-refractivity contribution is 7.80. The molecule has 0 radical (unpaired) electrons. The molecule has 1 aromatic carbocycles. The van der Waals surface area contributed by atoms with E-state index in [-0.39, 0.29) is 11.9 Å². The van der Waals surface area contributed by atoms with E-state index in [0.29, 0.717) is 5.75 Å². The first-order valence-corrected chi connectivity index (χ1v) is 4.41. The van der Waals surface area contributed by atoms with Crippen molar-refractivity contribution in [2.45, 2.75) is 0 Å².